The zero-order valence-electron chi connectivity index (χ0n) is 17.4. The molecule has 0 unspecified atom stereocenters. The molecule has 0 atom stereocenters. The molecule has 0 saturated heterocycles. The lowest BCUT2D eigenvalue weighted by Crippen LogP contribution is -2.26. The van der Waals surface area contributed by atoms with Crippen LogP contribution in [0.2, 0.25) is 0 Å². The van der Waals surface area contributed by atoms with Gasteiger partial charge in [0.2, 0.25) is 5.88 Å². The van der Waals surface area contributed by atoms with Crippen LogP contribution in [0, 0.1) is 50.4 Å². The van der Waals surface area contributed by atoms with Gasteiger partial charge >= 0.3 is 0 Å². The molecule has 0 aliphatic carbocycles. The molecular weight excluding hydrogens is 378 g/mol. The normalized spacial score (nSPS) is 10.3. The quantitative estimate of drug-likeness (QED) is 0.652. The van der Waals surface area contributed by atoms with Crippen LogP contribution in [0.5, 0.6) is 5.88 Å². The lowest BCUT2D eigenvalue weighted by atomic mass is 10.1. The summed E-state index contributed by atoms with van der Waals surface area (Å²) in [5, 5.41) is 18.6. The summed E-state index contributed by atoms with van der Waals surface area (Å²) in [5.74, 6) is 0.284. The number of nitrogens with zero attached hydrogens (tertiary/aromatic N) is 5. The third kappa shape index (κ3) is 4.21. The number of hydrogen-bond acceptors (Lipinski definition) is 6. The second-order valence-corrected chi connectivity index (χ2v) is 7.13. The van der Waals surface area contributed by atoms with Gasteiger partial charge in [-0.3, -0.25) is 9.78 Å². The number of pyridine rings is 3. The molecule has 0 fully saturated rings. The molecule has 3 rings (SSSR count). The summed E-state index contributed by atoms with van der Waals surface area (Å²) in [6.45, 7) is 7.66. The Kier molecular flexibility index (Phi) is 5.94. The highest BCUT2D eigenvalue weighted by molar-refractivity contribution is 5.45. The summed E-state index contributed by atoms with van der Waals surface area (Å²) >= 11 is 0. The van der Waals surface area contributed by atoms with Gasteiger partial charge in [0.25, 0.3) is 5.56 Å². The number of aryl methyl sites for hydroxylation is 4. The Balaban J connectivity index is 1.85. The first-order valence-electron chi connectivity index (χ1n) is 9.41. The van der Waals surface area contributed by atoms with Crippen LogP contribution in [0.15, 0.2) is 35.1 Å². The highest BCUT2D eigenvalue weighted by atomic mass is 16.5. The smallest absolute Gasteiger partial charge is 0.269 e. The zero-order chi connectivity index (χ0) is 21.8. The number of hydrogen-bond donors (Lipinski definition) is 0. The van der Waals surface area contributed by atoms with E-state index in [1.54, 1.807) is 6.92 Å². The average molecular weight is 399 g/mol. The van der Waals surface area contributed by atoms with Crippen molar-refractivity contribution in [3.8, 4) is 18.0 Å². The Bertz CT molecular complexity index is 1260. The molecule has 0 aromatic carbocycles. The van der Waals surface area contributed by atoms with Gasteiger partial charge in [0.1, 0.15) is 29.9 Å². The number of nitriles is 2. The molecule has 0 saturated carbocycles. The number of ether oxygens (including phenoxy) is 1. The molecule has 0 aliphatic heterocycles. The molecule has 3 heterocycles. The predicted molar refractivity (Wildman–Crippen MR) is 111 cm³/mol. The van der Waals surface area contributed by atoms with E-state index >= 15 is 0 Å². The molecular formula is C23H21N5O2. The van der Waals surface area contributed by atoms with Crippen molar-refractivity contribution in [2.24, 2.45) is 0 Å². The van der Waals surface area contributed by atoms with Gasteiger partial charge in [0.15, 0.2) is 0 Å². The lowest BCUT2D eigenvalue weighted by Gasteiger charge is -2.13. The van der Waals surface area contributed by atoms with Gasteiger partial charge in [-0.25, -0.2) is 4.98 Å². The third-order valence-electron chi connectivity index (χ3n) is 4.78. The van der Waals surface area contributed by atoms with E-state index in [0.29, 0.717) is 22.5 Å². The largest absolute Gasteiger partial charge is 0.470 e. The van der Waals surface area contributed by atoms with Crippen molar-refractivity contribution < 1.29 is 4.74 Å². The van der Waals surface area contributed by atoms with Crippen molar-refractivity contribution in [3.63, 3.8) is 0 Å². The van der Waals surface area contributed by atoms with Gasteiger partial charge < -0.3 is 9.30 Å². The minimum atomic E-state index is -0.323. The Morgan fingerprint density at radius 2 is 1.63 bits per heavy atom. The second-order valence-electron chi connectivity index (χ2n) is 7.13. The molecule has 3 aromatic rings. The van der Waals surface area contributed by atoms with Crippen molar-refractivity contribution in [3.05, 3.63) is 85.7 Å². The molecule has 7 heteroatoms. The van der Waals surface area contributed by atoms with E-state index in [4.69, 9.17) is 4.74 Å². The minimum Gasteiger partial charge on any atom is -0.470 e. The molecule has 0 bridgehead atoms. The summed E-state index contributed by atoms with van der Waals surface area (Å²) < 4.78 is 7.31. The first-order chi connectivity index (χ1) is 14.3. The average Bonchev–Trinajstić information content (AvgIpc) is 2.70. The van der Waals surface area contributed by atoms with Crippen LogP contribution in [0.4, 0.5) is 0 Å². The maximum Gasteiger partial charge on any atom is 0.269 e. The fourth-order valence-corrected chi connectivity index (χ4v) is 3.30. The molecule has 0 amide bonds. The van der Waals surface area contributed by atoms with Gasteiger partial charge in [-0.15, -0.1) is 0 Å². The van der Waals surface area contributed by atoms with Crippen LogP contribution in [0.3, 0.4) is 0 Å². The third-order valence-corrected chi connectivity index (χ3v) is 4.78. The summed E-state index contributed by atoms with van der Waals surface area (Å²) in [4.78, 5) is 21.5. The van der Waals surface area contributed by atoms with Crippen molar-refractivity contribution in [2.75, 3.05) is 0 Å². The maximum absolute atomic E-state index is 12.6. The van der Waals surface area contributed by atoms with Gasteiger partial charge in [-0.1, -0.05) is 6.07 Å². The first-order valence-corrected chi connectivity index (χ1v) is 9.41. The van der Waals surface area contributed by atoms with E-state index in [-0.39, 0.29) is 30.2 Å². The molecule has 150 valence electrons. The molecule has 30 heavy (non-hydrogen) atoms. The molecule has 0 aliphatic rings. The highest BCUT2D eigenvalue weighted by Gasteiger charge is 2.13. The van der Waals surface area contributed by atoms with Crippen LogP contribution in [-0.4, -0.2) is 14.5 Å². The van der Waals surface area contributed by atoms with Crippen LogP contribution in [0.1, 0.15) is 45.0 Å². The van der Waals surface area contributed by atoms with Crippen molar-refractivity contribution >= 4 is 0 Å². The Hall–Kier alpha value is -3.97. The molecule has 3 aromatic heterocycles. The minimum absolute atomic E-state index is 0.142. The Morgan fingerprint density at radius 3 is 2.33 bits per heavy atom. The zero-order valence-corrected chi connectivity index (χ0v) is 17.4. The molecule has 7 nitrogen and oxygen atoms in total. The van der Waals surface area contributed by atoms with Crippen molar-refractivity contribution in [1.29, 1.82) is 10.5 Å². The van der Waals surface area contributed by atoms with Crippen LogP contribution in [-0.2, 0) is 13.2 Å². The summed E-state index contributed by atoms with van der Waals surface area (Å²) in [6, 6.07) is 13.2. The van der Waals surface area contributed by atoms with Crippen LogP contribution < -0.4 is 10.3 Å². The van der Waals surface area contributed by atoms with E-state index in [0.717, 1.165) is 17.0 Å². The van der Waals surface area contributed by atoms with E-state index in [1.165, 1.54) is 4.57 Å². The highest BCUT2D eigenvalue weighted by Crippen LogP contribution is 2.20. The van der Waals surface area contributed by atoms with Gasteiger partial charge in [-0.05, 0) is 63.1 Å². The second kappa shape index (κ2) is 8.59. The first kappa shape index (κ1) is 20.8. The van der Waals surface area contributed by atoms with E-state index in [2.05, 4.69) is 16.0 Å². The fourth-order valence-electron chi connectivity index (χ4n) is 3.30. The summed E-state index contributed by atoms with van der Waals surface area (Å²) in [5.41, 5.74) is 4.55. The molecule has 0 spiro atoms. The Labute approximate surface area is 174 Å². The molecule has 0 N–H and O–H groups in total. The van der Waals surface area contributed by atoms with E-state index in [9.17, 15) is 15.3 Å². The lowest BCUT2D eigenvalue weighted by molar-refractivity contribution is 0.287. The monoisotopic (exact) mass is 399 g/mol. The van der Waals surface area contributed by atoms with Crippen LogP contribution in [0.25, 0.3) is 0 Å². The summed E-state index contributed by atoms with van der Waals surface area (Å²) in [7, 11) is 0. The van der Waals surface area contributed by atoms with Crippen molar-refractivity contribution in [2.45, 2.75) is 40.8 Å². The predicted octanol–water partition coefficient (Wildman–Crippen LogP) is 3.24. The number of aromatic nitrogens is 3. The standard InChI is InChI=1S/C23H21N5O2/c1-14-8-16(3)26-22(20(14)10-24)30-13-19-7-5-6-18(27-19)12-28-17(4)9-15(2)21(11-25)23(28)29/h5-9H,12-13H2,1-4H3. The Morgan fingerprint density at radius 1 is 0.967 bits per heavy atom. The van der Waals surface area contributed by atoms with E-state index in [1.807, 2.05) is 57.2 Å². The van der Waals surface area contributed by atoms with Gasteiger partial charge in [0.05, 0.1) is 17.9 Å². The fraction of sp³-hybridized carbons (Fsp3) is 0.261. The molecule has 0 radical (unpaired) electrons. The van der Waals surface area contributed by atoms with Gasteiger partial charge in [-0.2, -0.15) is 10.5 Å². The SMILES string of the molecule is Cc1cc(C)c(C#N)c(OCc2cccc(Cn3c(C)cc(C)c(C#N)c3=O)n2)n1. The van der Waals surface area contributed by atoms with Gasteiger partial charge in [0, 0.05) is 11.4 Å². The van der Waals surface area contributed by atoms with E-state index < -0.39 is 0 Å². The summed E-state index contributed by atoms with van der Waals surface area (Å²) in [6.07, 6.45) is 0. The maximum atomic E-state index is 12.6. The van der Waals surface area contributed by atoms with Crippen molar-refractivity contribution in [1.82, 2.24) is 14.5 Å². The topological polar surface area (TPSA) is 105 Å². The van der Waals surface area contributed by atoms with Crippen LogP contribution >= 0.6 is 0 Å². The number of rotatable bonds is 5.